The van der Waals surface area contributed by atoms with E-state index in [-0.39, 0.29) is 6.04 Å². The van der Waals surface area contributed by atoms with Crippen molar-refractivity contribution in [3.63, 3.8) is 0 Å². The molecule has 2 rings (SSSR count). The lowest BCUT2D eigenvalue weighted by atomic mass is 10.2. The minimum Gasteiger partial charge on any atom is -0.465 e. The third-order valence-electron chi connectivity index (χ3n) is 3.71. The van der Waals surface area contributed by atoms with Gasteiger partial charge in [-0.05, 0) is 33.2 Å². The fourth-order valence-electron chi connectivity index (χ4n) is 2.55. The molecule has 1 fully saturated rings. The van der Waals surface area contributed by atoms with E-state index in [0.717, 1.165) is 24.9 Å². The smallest absolute Gasteiger partial charge is 0.247 e. The standard InChI is InChI=1S/C15H24N2O3S/c1-5-9-17(13-7-8-13)21(18,19)15-12(4)20-11(3)14(15)10-16-6-2/h5,13,16H,1,6-10H2,2-4H3. The second-order valence-corrected chi connectivity index (χ2v) is 7.22. The Bertz CT molecular complexity index is 615. The Labute approximate surface area is 127 Å². The van der Waals surface area contributed by atoms with Crippen LogP contribution in [-0.4, -0.2) is 31.9 Å². The maximum absolute atomic E-state index is 13.0. The first kappa shape index (κ1) is 16.3. The Balaban J connectivity index is 2.45. The van der Waals surface area contributed by atoms with E-state index >= 15 is 0 Å². The molecule has 1 saturated carbocycles. The summed E-state index contributed by atoms with van der Waals surface area (Å²) in [6, 6.07) is 0.106. The predicted octanol–water partition coefficient (Wildman–Crippen LogP) is 2.35. The number of nitrogens with one attached hydrogen (secondary N) is 1. The first-order valence-electron chi connectivity index (χ1n) is 7.35. The fourth-order valence-corrected chi connectivity index (χ4v) is 4.62. The van der Waals surface area contributed by atoms with Gasteiger partial charge in [-0.1, -0.05) is 13.0 Å². The van der Waals surface area contributed by atoms with Crippen LogP contribution in [0.4, 0.5) is 0 Å². The van der Waals surface area contributed by atoms with Crippen molar-refractivity contribution >= 4 is 10.0 Å². The van der Waals surface area contributed by atoms with Crippen LogP contribution in [-0.2, 0) is 16.6 Å². The molecule has 1 aromatic heterocycles. The molecule has 0 amide bonds. The number of aryl methyl sites for hydroxylation is 2. The molecular weight excluding hydrogens is 288 g/mol. The minimum atomic E-state index is -3.54. The number of rotatable bonds is 8. The first-order chi connectivity index (χ1) is 9.93. The molecule has 1 aliphatic carbocycles. The summed E-state index contributed by atoms with van der Waals surface area (Å²) < 4.78 is 33.2. The van der Waals surface area contributed by atoms with Crippen LogP contribution in [0.1, 0.15) is 36.8 Å². The van der Waals surface area contributed by atoms with Gasteiger partial charge < -0.3 is 9.73 Å². The van der Waals surface area contributed by atoms with Crippen LogP contribution < -0.4 is 5.32 Å². The summed E-state index contributed by atoms with van der Waals surface area (Å²) in [6.45, 7) is 10.8. The van der Waals surface area contributed by atoms with Gasteiger partial charge in [0.2, 0.25) is 10.0 Å². The van der Waals surface area contributed by atoms with E-state index in [4.69, 9.17) is 4.42 Å². The van der Waals surface area contributed by atoms with Crippen LogP contribution in [0.15, 0.2) is 22.0 Å². The highest BCUT2D eigenvalue weighted by atomic mass is 32.2. The van der Waals surface area contributed by atoms with Crippen LogP contribution >= 0.6 is 0 Å². The molecular formula is C15H24N2O3S. The molecule has 1 aliphatic rings. The maximum Gasteiger partial charge on any atom is 0.247 e. The average Bonchev–Trinajstić information content (AvgIpc) is 3.19. The molecule has 0 spiro atoms. The zero-order valence-corrected chi connectivity index (χ0v) is 13.8. The molecule has 21 heavy (non-hydrogen) atoms. The lowest BCUT2D eigenvalue weighted by molar-refractivity contribution is 0.432. The molecule has 0 aliphatic heterocycles. The Morgan fingerprint density at radius 2 is 2.05 bits per heavy atom. The van der Waals surface area contributed by atoms with E-state index in [1.165, 1.54) is 0 Å². The number of hydrogen-bond acceptors (Lipinski definition) is 4. The van der Waals surface area contributed by atoms with E-state index in [0.29, 0.717) is 29.5 Å². The summed E-state index contributed by atoms with van der Waals surface area (Å²) >= 11 is 0. The van der Waals surface area contributed by atoms with E-state index in [1.54, 1.807) is 17.3 Å². The molecule has 118 valence electrons. The number of furan rings is 1. The molecule has 0 atom stereocenters. The Kier molecular flexibility index (Phi) is 4.91. The van der Waals surface area contributed by atoms with Gasteiger partial charge in [-0.15, -0.1) is 6.58 Å². The summed E-state index contributed by atoms with van der Waals surface area (Å²) in [5, 5.41) is 3.18. The van der Waals surface area contributed by atoms with Crippen LogP contribution in [0, 0.1) is 13.8 Å². The van der Waals surface area contributed by atoms with Crippen molar-refractivity contribution in [2.75, 3.05) is 13.1 Å². The summed E-state index contributed by atoms with van der Waals surface area (Å²) in [5.41, 5.74) is 0.740. The molecule has 1 N–H and O–H groups in total. The second kappa shape index (κ2) is 6.34. The van der Waals surface area contributed by atoms with Crippen molar-refractivity contribution in [2.45, 2.75) is 51.1 Å². The molecule has 5 nitrogen and oxygen atoms in total. The van der Waals surface area contributed by atoms with Gasteiger partial charge in [0.15, 0.2) is 0 Å². The minimum absolute atomic E-state index is 0.106. The molecule has 1 heterocycles. The van der Waals surface area contributed by atoms with Crippen molar-refractivity contribution < 1.29 is 12.8 Å². The quantitative estimate of drug-likeness (QED) is 0.749. The number of sulfonamides is 1. The largest absolute Gasteiger partial charge is 0.465 e. The molecule has 0 saturated heterocycles. The summed E-state index contributed by atoms with van der Waals surface area (Å²) in [6.07, 6.45) is 3.49. The van der Waals surface area contributed by atoms with Gasteiger partial charge in [0, 0.05) is 24.7 Å². The third kappa shape index (κ3) is 3.22. The zero-order valence-electron chi connectivity index (χ0n) is 13.0. The normalized spacial score (nSPS) is 15.6. The van der Waals surface area contributed by atoms with Crippen LogP contribution in [0.3, 0.4) is 0 Å². The summed E-state index contributed by atoms with van der Waals surface area (Å²) in [7, 11) is -3.54. The van der Waals surface area contributed by atoms with Gasteiger partial charge >= 0.3 is 0 Å². The lowest BCUT2D eigenvalue weighted by Crippen LogP contribution is -2.34. The number of hydrogen-bond donors (Lipinski definition) is 1. The van der Waals surface area contributed by atoms with Gasteiger partial charge in [0.25, 0.3) is 0 Å². The summed E-state index contributed by atoms with van der Waals surface area (Å²) in [5.74, 6) is 1.14. The van der Waals surface area contributed by atoms with Crippen molar-refractivity contribution in [1.29, 1.82) is 0 Å². The monoisotopic (exact) mass is 312 g/mol. The Morgan fingerprint density at radius 1 is 1.38 bits per heavy atom. The zero-order chi connectivity index (χ0) is 15.6. The average molecular weight is 312 g/mol. The Morgan fingerprint density at radius 3 is 2.57 bits per heavy atom. The summed E-state index contributed by atoms with van der Waals surface area (Å²) in [4.78, 5) is 0.328. The third-order valence-corrected chi connectivity index (χ3v) is 5.82. The molecule has 1 aromatic rings. The highest BCUT2D eigenvalue weighted by Gasteiger charge is 2.40. The van der Waals surface area contributed by atoms with Gasteiger partial charge in [-0.3, -0.25) is 0 Å². The van der Waals surface area contributed by atoms with Crippen molar-refractivity contribution in [3.05, 3.63) is 29.7 Å². The molecule has 0 aromatic carbocycles. The van der Waals surface area contributed by atoms with Crippen LogP contribution in [0.2, 0.25) is 0 Å². The highest BCUT2D eigenvalue weighted by molar-refractivity contribution is 7.89. The predicted molar refractivity (Wildman–Crippen MR) is 82.7 cm³/mol. The van der Waals surface area contributed by atoms with E-state index in [2.05, 4.69) is 11.9 Å². The molecule has 0 radical (unpaired) electrons. The first-order valence-corrected chi connectivity index (χ1v) is 8.79. The van der Waals surface area contributed by atoms with Crippen LogP contribution in [0.25, 0.3) is 0 Å². The maximum atomic E-state index is 13.0. The van der Waals surface area contributed by atoms with E-state index < -0.39 is 10.0 Å². The fraction of sp³-hybridized carbons (Fsp3) is 0.600. The van der Waals surface area contributed by atoms with Crippen molar-refractivity contribution in [1.82, 2.24) is 9.62 Å². The van der Waals surface area contributed by atoms with Crippen molar-refractivity contribution in [2.24, 2.45) is 0 Å². The lowest BCUT2D eigenvalue weighted by Gasteiger charge is -2.20. The van der Waals surface area contributed by atoms with E-state index in [9.17, 15) is 8.42 Å². The van der Waals surface area contributed by atoms with Crippen LogP contribution in [0.5, 0.6) is 0 Å². The van der Waals surface area contributed by atoms with Gasteiger partial charge in [0.05, 0.1) is 0 Å². The SMILES string of the molecule is C=CCN(C1CC1)S(=O)(=O)c1c(C)oc(C)c1CNCC. The number of nitrogens with zero attached hydrogens (tertiary/aromatic N) is 1. The molecule has 6 heteroatoms. The van der Waals surface area contributed by atoms with E-state index in [1.807, 2.05) is 13.8 Å². The topological polar surface area (TPSA) is 62.6 Å². The Hall–Kier alpha value is -1.11. The molecule has 0 unspecified atom stereocenters. The van der Waals surface area contributed by atoms with Crippen molar-refractivity contribution in [3.8, 4) is 0 Å². The van der Waals surface area contributed by atoms with Gasteiger partial charge in [-0.2, -0.15) is 4.31 Å². The van der Waals surface area contributed by atoms with Gasteiger partial charge in [-0.25, -0.2) is 8.42 Å². The molecule has 0 bridgehead atoms. The van der Waals surface area contributed by atoms with Gasteiger partial charge in [0.1, 0.15) is 16.4 Å². The second-order valence-electron chi connectivity index (χ2n) is 5.40. The highest BCUT2D eigenvalue weighted by Crippen LogP contribution is 2.35.